The van der Waals surface area contributed by atoms with Crippen molar-refractivity contribution in [2.45, 2.75) is 26.1 Å². The second kappa shape index (κ2) is 2.46. The van der Waals surface area contributed by atoms with Gasteiger partial charge in [-0.2, -0.15) is 0 Å². The van der Waals surface area contributed by atoms with Gasteiger partial charge in [0.2, 0.25) is 0 Å². The van der Waals surface area contributed by atoms with Crippen LogP contribution in [-0.4, -0.2) is 12.9 Å². The second-order valence-corrected chi connectivity index (χ2v) is 2.43. The van der Waals surface area contributed by atoms with Gasteiger partial charge in [0.25, 0.3) is 0 Å². The van der Waals surface area contributed by atoms with Crippen LogP contribution < -0.4 is 0 Å². The summed E-state index contributed by atoms with van der Waals surface area (Å²) in [6, 6.07) is 0. The zero-order valence-corrected chi connectivity index (χ0v) is 5.09. The van der Waals surface area contributed by atoms with Crippen LogP contribution in [0.5, 0.6) is 0 Å². The zero-order chi connectivity index (χ0) is 5.98. The molecule has 1 rings (SSSR count). The summed E-state index contributed by atoms with van der Waals surface area (Å²) in [5.74, 6) is 0.575. The van der Waals surface area contributed by atoms with E-state index in [4.69, 9.17) is 4.74 Å². The molecule has 1 aliphatic heterocycles. The van der Waals surface area contributed by atoms with Crippen LogP contribution in [0.25, 0.3) is 0 Å². The average molecular weight is 115 g/mol. The number of hydrogen-bond acceptors (Lipinski definition) is 1. The number of hydrogen-bond donors (Lipinski definition) is 0. The smallest absolute Gasteiger partial charge is 0.191 e. The van der Waals surface area contributed by atoms with Crippen LogP contribution in [0, 0.1) is 5.92 Å². The van der Waals surface area contributed by atoms with Crippen LogP contribution in [0.3, 0.4) is 0 Å². The molecule has 2 nitrogen and oxygen atoms in total. The third kappa shape index (κ3) is 1.46. The van der Waals surface area contributed by atoms with Gasteiger partial charge in [0.1, 0.15) is 0 Å². The van der Waals surface area contributed by atoms with E-state index < -0.39 is 6.29 Å². The maximum Gasteiger partial charge on any atom is 0.191 e. The highest BCUT2D eigenvalue weighted by Gasteiger charge is 2.17. The van der Waals surface area contributed by atoms with Crippen LogP contribution in [0.15, 0.2) is 0 Å². The van der Waals surface area contributed by atoms with Crippen molar-refractivity contribution in [1.29, 1.82) is 0 Å². The van der Waals surface area contributed by atoms with E-state index in [0.29, 0.717) is 18.9 Å². The number of ether oxygens (including phenoxy) is 1. The van der Waals surface area contributed by atoms with E-state index in [-0.39, 0.29) is 0 Å². The van der Waals surface area contributed by atoms with E-state index in [1.807, 2.05) is 0 Å². The third-order valence-electron chi connectivity index (χ3n) is 1.51. The molecule has 1 heterocycles. The summed E-state index contributed by atoms with van der Waals surface area (Å²) in [5.41, 5.74) is 0. The minimum absolute atomic E-state index is 0.575. The Kier molecular flexibility index (Phi) is 1.86. The molecule has 0 saturated carbocycles. The highest BCUT2D eigenvalue weighted by atomic mass is 16.6. The molecular weight excluding hydrogens is 104 g/mol. The monoisotopic (exact) mass is 115 g/mol. The Balaban J connectivity index is 2.23. The van der Waals surface area contributed by atoms with Gasteiger partial charge < -0.3 is 4.74 Å². The van der Waals surface area contributed by atoms with Crippen molar-refractivity contribution in [2.24, 2.45) is 5.92 Å². The Morgan fingerprint density at radius 3 is 2.75 bits per heavy atom. The first-order valence-electron chi connectivity index (χ1n) is 3.06. The maximum atomic E-state index is 10.5. The van der Waals surface area contributed by atoms with Crippen molar-refractivity contribution in [1.82, 2.24) is 0 Å². The van der Waals surface area contributed by atoms with E-state index in [2.05, 4.69) is 6.92 Å². The molecule has 1 fully saturated rings. The molecule has 0 spiro atoms. The summed E-state index contributed by atoms with van der Waals surface area (Å²) in [4.78, 5) is 0. The molecule has 8 heavy (non-hydrogen) atoms. The second-order valence-electron chi connectivity index (χ2n) is 2.43. The van der Waals surface area contributed by atoms with Crippen molar-refractivity contribution in [2.75, 3.05) is 6.61 Å². The minimum atomic E-state index is -0.737. The van der Waals surface area contributed by atoms with Crippen molar-refractivity contribution in [3.8, 4) is 0 Å². The first-order valence-corrected chi connectivity index (χ1v) is 3.06. The Morgan fingerprint density at radius 2 is 2.38 bits per heavy atom. The topological polar surface area (TPSA) is 29.1 Å². The molecule has 0 aromatic heterocycles. The highest BCUT2D eigenvalue weighted by molar-refractivity contribution is 4.59. The lowest BCUT2D eigenvalue weighted by molar-refractivity contribution is -0.171. The van der Waals surface area contributed by atoms with Crippen LogP contribution in [0.4, 0.5) is 0 Å². The van der Waals surface area contributed by atoms with Crippen LogP contribution in [-0.2, 0) is 9.84 Å². The highest BCUT2D eigenvalue weighted by Crippen LogP contribution is 2.17. The van der Waals surface area contributed by atoms with Crippen molar-refractivity contribution >= 4 is 0 Å². The summed E-state index contributed by atoms with van der Waals surface area (Å²) in [6.07, 6.45) is 1.01. The van der Waals surface area contributed by atoms with Crippen molar-refractivity contribution in [3.05, 3.63) is 0 Å². The van der Waals surface area contributed by atoms with E-state index >= 15 is 0 Å². The van der Waals surface area contributed by atoms with E-state index in [1.165, 1.54) is 0 Å². The Labute approximate surface area is 49.5 Å². The molecule has 0 aliphatic carbocycles. The lowest BCUT2D eigenvalue weighted by Gasteiger charge is -2.20. The predicted molar refractivity (Wildman–Crippen MR) is 28.8 cm³/mol. The summed E-state index contributed by atoms with van der Waals surface area (Å²) < 4.78 is 4.79. The third-order valence-corrected chi connectivity index (χ3v) is 1.51. The van der Waals surface area contributed by atoms with E-state index in [0.717, 1.165) is 6.42 Å². The first kappa shape index (κ1) is 6.05. The molecule has 0 N–H and O–H groups in total. The normalized spacial score (nSPS) is 39.8. The van der Waals surface area contributed by atoms with Gasteiger partial charge >= 0.3 is 0 Å². The van der Waals surface area contributed by atoms with Gasteiger partial charge in [-0.1, -0.05) is 6.92 Å². The summed E-state index contributed by atoms with van der Waals surface area (Å²) in [5, 5.41) is 10.5. The van der Waals surface area contributed by atoms with Crippen LogP contribution in [0.2, 0.25) is 0 Å². The van der Waals surface area contributed by atoms with E-state index in [1.54, 1.807) is 0 Å². The van der Waals surface area contributed by atoms with Gasteiger partial charge in [0, 0.05) is 6.42 Å². The molecular formula is C6H11O2. The quantitative estimate of drug-likeness (QED) is 0.466. The standard InChI is InChI=1S/C6H11O2/c1-5-2-3-8-6(7)4-5/h5-6H,2-4H2,1H3. The molecule has 2 unspecified atom stereocenters. The van der Waals surface area contributed by atoms with Gasteiger partial charge in [-0.15, -0.1) is 0 Å². The fourth-order valence-electron chi connectivity index (χ4n) is 0.915. The summed E-state index contributed by atoms with van der Waals surface area (Å²) in [7, 11) is 0. The Bertz CT molecular complexity index is 64.9. The van der Waals surface area contributed by atoms with Crippen LogP contribution in [0.1, 0.15) is 19.8 Å². The first-order chi connectivity index (χ1) is 3.79. The molecule has 2 atom stereocenters. The van der Waals surface area contributed by atoms with Gasteiger partial charge in [-0.25, -0.2) is 5.11 Å². The molecule has 1 aliphatic rings. The number of rotatable bonds is 0. The van der Waals surface area contributed by atoms with Gasteiger partial charge in [-0.05, 0) is 12.3 Å². The molecule has 47 valence electrons. The zero-order valence-electron chi connectivity index (χ0n) is 5.09. The van der Waals surface area contributed by atoms with Gasteiger partial charge in [-0.3, -0.25) is 0 Å². The molecule has 2 heteroatoms. The molecule has 0 aromatic carbocycles. The molecule has 1 saturated heterocycles. The molecule has 0 amide bonds. The van der Waals surface area contributed by atoms with Gasteiger partial charge in [0.05, 0.1) is 6.61 Å². The average Bonchev–Trinajstić information content (AvgIpc) is 1.64. The summed E-state index contributed by atoms with van der Waals surface area (Å²) >= 11 is 0. The van der Waals surface area contributed by atoms with Gasteiger partial charge in [0.15, 0.2) is 6.29 Å². The molecule has 0 bridgehead atoms. The summed E-state index contributed by atoms with van der Waals surface area (Å²) in [6.45, 7) is 2.75. The van der Waals surface area contributed by atoms with E-state index in [9.17, 15) is 5.11 Å². The SMILES string of the molecule is CC1CCOC([O])C1. The maximum absolute atomic E-state index is 10.5. The Morgan fingerprint density at radius 1 is 1.62 bits per heavy atom. The Hall–Kier alpha value is -0.0800. The fourth-order valence-corrected chi connectivity index (χ4v) is 0.915. The fraction of sp³-hybridized carbons (Fsp3) is 1.00. The predicted octanol–water partition coefficient (Wildman–Crippen LogP) is 1.19. The minimum Gasteiger partial charge on any atom is -0.350 e. The van der Waals surface area contributed by atoms with Crippen LogP contribution >= 0.6 is 0 Å². The molecule has 0 aromatic rings. The lowest BCUT2D eigenvalue weighted by atomic mass is 10.0. The largest absolute Gasteiger partial charge is 0.350 e. The molecule has 1 radical (unpaired) electrons. The van der Waals surface area contributed by atoms with Crippen molar-refractivity contribution in [3.63, 3.8) is 0 Å². The lowest BCUT2D eigenvalue weighted by Crippen LogP contribution is -2.22. The van der Waals surface area contributed by atoms with Crippen molar-refractivity contribution < 1.29 is 9.84 Å².